The van der Waals surface area contributed by atoms with Gasteiger partial charge in [0.05, 0.1) is 6.54 Å². The molecule has 0 atom stereocenters. The molecule has 0 saturated heterocycles. The first-order valence-corrected chi connectivity index (χ1v) is 7.59. The molecule has 0 aromatic carbocycles. The largest absolute Gasteiger partial charge is 0.388 e. The second-order valence-electron chi connectivity index (χ2n) is 3.61. The van der Waals surface area contributed by atoms with E-state index in [9.17, 15) is 13.2 Å². The average Bonchev–Trinajstić information content (AvgIpc) is 2.93. The van der Waals surface area contributed by atoms with Crippen LogP contribution in [0.2, 0.25) is 0 Å². The van der Waals surface area contributed by atoms with Crippen molar-refractivity contribution in [2.75, 3.05) is 13.2 Å². The fourth-order valence-electron chi connectivity index (χ4n) is 1.53. The van der Waals surface area contributed by atoms with Crippen LogP contribution >= 0.6 is 11.3 Å². The number of Topliss-reactive ketones (excluding diaryl/α,β-unsaturated/α-hetero) is 1. The number of aromatic nitrogens is 1. The zero-order valence-corrected chi connectivity index (χ0v) is 11.7. The van der Waals surface area contributed by atoms with E-state index in [0.29, 0.717) is 9.31 Å². The van der Waals surface area contributed by atoms with E-state index in [1.165, 1.54) is 23.6 Å². The Hall–Kier alpha value is -2.02. The molecule has 1 aliphatic heterocycles. The van der Waals surface area contributed by atoms with E-state index in [2.05, 4.69) is 15.3 Å². The monoisotopic (exact) mass is 311 g/mol. The van der Waals surface area contributed by atoms with Crippen molar-refractivity contribution >= 4 is 33.0 Å². The Kier molecular flexibility index (Phi) is 3.99. The van der Waals surface area contributed by atoms with Crippen LogP contribution in [0.4, 0.5) is 0 Å². The third kappa shape index (κ3) is 2.62. The average molecular weight is 311 g/mol. The summed E-state index contributed by atoms with van der Waals surface area (Å²) in [5.41, 5.74) is -0.171. The van der Waals surface area contributed by atoms with Crippen molar-refractivity contribution in [1.82, 2.24) is 9.29 Å². The molecule has 104 valence electrons. The summed E-state index contributed by atoms with van der Waals surface area (Å²) in [5, 5.41) is 11.0. The number of hydrogen-bond donors (Lipinski definition) is 1. The third-order valence-corrected chi connectivity index (χ3v) is 4.46. The molecule has 0 spiro atoms. The zero-order chi connectivity index (χ0) is 14.8. The number of carbonyl (C=O) groups is 1. The first-order chi connectivity index (χ1) is 9.49. The predicted octanol–water partition coefficient (Wildman–Crippen LogP) is -0.429. The zero-order valence-electron chi connectivity index (χ0n) is 10.1. The van der Waals surface area contributed by atoms with Gasteiger partial charge in [-0.15, -0.1) is 22.2 Å². The van der Waals surface area contributed by atoms with Crippen LogP contribution in [0.5, 0.6) is 0 Å². The van der Waals surface area contributed by atoms with E-state index >= 15 is 0 Å². The SMILES string of the molecule is C#CCN1C(C(=O)CO)=CC(c2nccs2)=NS1(=O)=O. The Balaban J connectivity index is 2.56. The Labute approximate surface area is 119 Å². The first kappa shape index (κ1) is 14.4. The lowest BCUT2D eigenvalue weighted by molar-refractivity contribution is -0.119. The number of hydrogen-bond acceptors (Lipinski definition) is 6. The molecule has 7 nitrogen and oxygen atoms in total. The van der Waals surface area contributed by atoms with Crippen LogP contribution in [0.3, 0.4) is 0 Å². The van der Waals surface area contributed by atoms with Crippen LogP contribution in [0.1, 0.15) is 5.01 Å². The Bertz CT molecular complexity index is 726. The van der Waals surface area contributed by atoms with Crippen LogP contribution in [-0.2, 0) is 15.0 Å². The maximum atomic E-state index is 12.1. The summed E-state index contributed by atoms with van der Waals surface area (Å²) in [6.45, 7) is -1.16. The van der Waals surface area contributed by atoms with Crippen molar-refractivity contribution in [2.24, 2.45) is 4.40 Å². The summed E-state index contributed by atoms with van der Waals surface area (Å²) in [4.78, 5) is 15.6. The lowest BCUT2D eigenvalue weighted by Gasteiger charge is -2.24. The van der Waals surface area contributed by atoms with Gasteiger partial charge in [0.15, 0.2) is 0 Å². The highest BCUT2D eigenvalue weighted by atomic mass is 32.2. The van der Waals surface area contributed by atoms with Crippen molar-refractivity contribution in [3.8, 4) is 12.3 Å². The van der Waals surface area contributed by atoms with Gasteiger partial charge in [-0.3, -0.25) is 4.79 Å². The fourth-order valence-corrected chi connectivity index (χ4v) is 3.31. The molecule has 0 amide bonds. The quantitative estimate of drug-likeness (QED) is 0.761. The molecule has 9 heteroatoms. The van der Waals surface area contributed by atoms with Crippen molar-refractivity contribution in [3.05, 3.63) is 28.4 Å². The molecule has 0 saturated carbocycles. The highest BCUT2D eigenvalue weighted by molar-refractivity contribution is 7.88. The van der Waals surface area contributed by atoms with Crippen LogP contribution in [0.25, 0.3) is 0 Å². The highest BCUT2D eigenvalue weighted by Crippen LogP contribution is 2.22. The van der Waals surface area contributed by atoms with Gasteiger partial charge in [0, 0.05) is 11.6 Å². The molecule has 1 aromatic rings. The molecule has 0 aliphatic carbocycles. The number of ketones is 1. The Morgan fingerprint density at radius 1 is 1.55 bits per heavy atom. The summed E-state index contributed by atoms with van der Waals surface area (Å²) in [7, 11) is -4.12. The molecule has 2 heterocycles. The number of nitrogens with zero attached hydrogens (tertiary/aromatic N) is 3. The van der Waals surface area contributed by atoms with Crippen molar-refractivity contribution in [3.63, 3.8) is 0 Å². The molecule has 1 N–H and O–H groups in total. The lowest BCUT2D eigenvalue weighted by atomic mass is 10.2. The van der Waals surface area contributed by atoms with Crippen LogP contribution < -0.4 is 0 Å². The number of aliphatic hydroxyl groups excluding tert-OH is 1. The molecular weight excluding hydrogens is 302 g/mol. The van der Waals surface area contributed by atoms with Gasteiger partial charge in [0.1, 0.15) is 23.0 Å². The van der Waals surface area contributed by atoms with E-state index in [-0.39, 0.29) is 18.0 Å². The third-order valence-electron chi connectivity index (χ3n) is 2.35. The summed E-state index contributed by atoms with van der Waals surface area (Å²) in [6, 6.07) is 0. The van der Waals surface area contributed by atoms with Crippen LogP contribution in [0, 0.1) is 12.3 Å². The molecular formula is C11H9N3O4S2. The maximum absolute atomic E-state index is 12.1. The summed E-state index contributed by atoms with van der Waals surface area (Å²) in [6.07, 6.45) is 7.85. The molecule has 0 radical (unpaired) electrons. The van der Waals surface area contributed by atoms with Gasteiger partial charge in [0.25, 0.3) is 0 Å². The molecule has 20 heavy (non-hydrogen) atoms. The van der Waals surface area contributed by atoms with E-state index < -0.39 is 22.6 Å². The van der Waals surface area contributed by atoms with Gasteiger partial charge in [0.2, 0.25) is 5.78 Å². The number of thiazole rings is 1. The smallest absolute Gasteiger partial charge is 0.346 e. The second-order valence-corrected chi connectivity index (χ2v) is 6.03. The predicted molar refractivity (Wildman–Crippen MR) is 73.3 cm³/mol. The van der Waals surface area contributed by atoms with Crippen molar-refractivity contribution in [2.45, 2.75) is 0 Å². The van der Waals surface area contributed by atoms with Gasteiger partial charge < -0.3 is 5.11 Å². The number of aliphatic hydroxyl groups is 1. The van der Waals surface area contributed by atoms with Crippen molar-refractivity contribution < 1.29 is 18.3 Å². The van der Waals surface area contributed by atoms with E-state index in [0.717, 1.165) is 0 Å². The second kappa shape index (κ2) is 5.54. The number of carbonyl (C=O) groups excluding carboxylic acids is 1. The minimum absolute atomic E-state index is 0.0464. The van der Waals surface area contributed by atoms with Gasteiger partial charge >= 0.3 is 10.2 Å². The molecule has 0 bridgehead atoms. The van der Waals surface area contributed by atoms with Gasteiger partial charge in [-0.1, -0.05) is 5.92 Å². The van der Waals surface area contributed by atoms with E-state index in [1.807, 2.05) is 0 Å². The van der Waals surface area contributed by atoms with Crippen LogP contribution in [-0.4, -0.2) is 47.5 Å². The van der Waals surface area contributed by atoms with E-state index in [1.54, 1.807) is 5.38 Å². The molecule has 2 rings (SSSR count). The standard InChI is InChI=1S/C11H9N3O4S2/c1-2-4-14-9(10(16)7-15)6-8(13-20(14,17)18)11-12-3-5-19-11/h1,3,5-6,15H,4,7H2. The molecule has 0 unspecified atom stereocenters. The minimum Gasteiger partial charge on any atom is -0.388 e. The highest BCUT2D eigenvalue weighted by Gasteiger charge is 2.32. The summed E-state index contributed by atoms with van der Waals surface area (Å²) < 4.78 is 28.4. The Morgan fingerprint density at radius 2 is 2.30 bits per heavy atom. The Morgan fingerprint density at radius 3 is 2.85 bits per heavy atom. The van der Waals surface area contributed by atoms with Gasteiger partial charge in [-0.2, -0.15) is 8.42 Å². The van der Waals surface area contributed by atoms with Gasteiger partial charge in [-0.25, -0.2) is 9.29 Å². The maximum Gasteiger partial charge on any atom is 0.346 e. The first-order valence-electron chi connectivity index (χ1n) is 5.31. The summed E-state index contributed by atoms with van der Waals surface area (Å²) in [5.74, 6) is 1.38. The normalized spacial score (nSPS) is 17.1. The minimum atomic E-state index is -4.12. The number of terminal acetylenes is 1. The number of allylic oxidation sites excluding steroid dienone is 1. The molecule has 1 aromatic heterocycles. The number of rotatable bonds is 4. The molecule has 1 aliphatic rings. The van der Waals surface area contributed by atoms with Crippen LogP contribution in [0.15, 0.2) is 27.7 Å². The van der Waals surface area contributed by atoms with Gasteiger partial charge in [-0.05, 0) is 6.08 Å². The lowest BCUT2D eigenvalue weighted by Crippen LogP contribution is -2.37. The van der Waals surface area contributed by atoms with E-state index in [4.69, 9.17) is 11.5 Å². The molecule has 0 fully saturated rings. The fraction of sp³-hybridized carbons (Fsp3) is 0.182. The summed E-state index contributed by atoms with van der Waals surface area (Å²) >= 11 is 1.18. The topological polar surface area (TPSA) is 99.9 Å². The van der Waals surface area contributed by atoms with Crippen molar-refractivity contribution in [1.29, 1.82) is 0 Å².